The molecule has 1 aliphatic heterocycles. The van der Waals surface area contributed by atoms with Gasteiger partial charge in [0.05, 0.1) is 12.6 Å². The lowest BCUT2D eigenvalue weighted by Gasteiger charge is -2.30. The summed E-state index contributed by atoms with van der Waals surface area (Å²) in [6.07, 6.45) is 4.65. The van der Waals surface area contributed by atoms with E-state index in [0.717, 1.165) is 13.1 Å². The molecule has 1 aromatic carbocycles. The van der Waals surface area contributed by atoms with Crippen molar-refractivity contribution in [1.29, 1.82) is 0 Å². The van der Waals surface area contributed by atoms with Crippen LogP contribution in [0.15, 0.2) is 18.5 Å². The fraction of sp³-hybridized carbons (Fsp3) is 0.526. The molecule has 1 atom stereocenters. The SMILES string of the molecule is COc1cc2c(Cl)ncnc2cc1OC[C@@H](CN1CCCCC1)OC(C)=O. The fourth-order valence-electron chi connectivity index (χ4n) is 3.28. The molecule has 0 aliphatic carbocycles. The van der Waals surface area contributed by atoms with Crippen LogP contribution in [0.1, 0.15) is 26.2 Å². The van der Waals surface area contributed by atoms with Crippen LogP contribution in [0.2, 0.25) is 5.15 Å². The Morgan fingerprint density at radius 1 is 1.22 bits per heavy atom. The Morgan fingerprint density at radius 3 is 2.70 bits per heavy atom. The molecule has 0 radical (unpaired) electrons. The number of fused-ring (bicyclic) bond motifs is 1. The van der Waals surface area contributed by atoms with Gasteiger partial charge in [0.2, 0.25) is 0 Å². The zero-order valence-corrected chi connectivity index (χ0v) is 16.4. The Morgan fingerprint density at radius 2 is 2.00 bits per heavy atom. The van der Waals surface area contributed by atoms with Crippen molar-refractivity contribution < 1.29 is 19.0 Å². The number of aromatic nitrogens is 2. The zero-order valence-electron chi connectivity index (χ0n) is 15.6. The van der Waals surface area contributed by atoms with Crippen molar-refractivity contribution in [1.82, 2.24) is 14.9 Å². The van der Waals surface area contributed by atoms with Crippen LogP contribution in [0.3, 0.4) is 0 Å². The maximum absolute atomic E-state index is 11.5. The van der Waals surface area contributed by atoms with Gasteiger partial charge in [0.25, 0.3) is 0 Å². The molecular weight excluding hydrogens is 370 g/mol. The first-order chi connectivity index (χ1) is 13.1. The number of esters is 1. The molecule has 1 fully saturated rings. The predicted octanol–water partition coefficient (Wildman–Crippen LogP) is 3.09. The summed E-state index contributed by atoms with van der Waals surface area (Å²) >= 11 is 6.12. The first kappa shape index (κ1) is 19.6. The van der Waals surface area contributed by atoms with E-state index in [0.29, 0.717) is 34.1 Å². The number of ether oxygens (including phenoxy) is 3. The lowest BCUT2D eigenvalue weighted by atomic mass is 10.1. The van der Waals surface area contributed by atoms with Crippen molar-refractivity contribution in [3.05, 3.63) is 23.6 Å². The third-order valence-electron chi connectivity index (χ3n) is 4.54. The molecule has 3 rings (SSSR count). The minimum Gasteiger partial charge on any atom is -0.493 e. The number of hydrogen-bond acceptors (Lipinski definition) is 7. The molecule has 0 N–H and O–H groups in total. The summed E-state index contributed by atoms with van der Waals surface area (Å²) in [5.41, 5.74) is 0.658. The molecule has 27 heavy (non-hydrogen) atoms. The number of benzene rings is 1. The van der Waals surface area contributed by atoms with Crippen molar-refractivity contribution in [2.24, 2.45) is 0 Å². The van der Waals surface area contributed by atoms with Crippen molar-refractivity contribution in [2.45, 2.75) is 32.3 Å². The molecule has 1 aliphatic rings. The molecule has 1 saturated heterocycles. The van der Waals surface area contributed by atoms with E-state index in [2.05, 4.69) is 14.9 Å². The quantitative estimate of drug-likeness (QED) is 0.528. The summed E-state index contributed by atoms with van der Waals surface area (Å²) in [6.45, 7) is 4.35. The van der Waals surface area contributed by atoms with Gasteiger partial charge in [-0.2, -0.15) is 0 Å². The monoisotopic (exact) mass is 393 g/mol. The maximum Gasteiger partial charge on any atom is 0.303 e. The van der Waals surface area contributed by atoms with Crippen molar-refractivity contribution in [3.63, 3.8) is 0 Å². The van der Waals surface area contributed by atoms with Gasteiger partial charge in [-0.05, 0) is 32.0 Å². The molecule has 7 nitrogen and oxygen atoms in total. The Hall–Kier alpha value is -2.12. The topological polar surface area (TPSA) is 73.8 Å². The number of halogens is 1. The van der Waals surface area contributed by atoms with Gasteiger partial charge in [0, 0.05) is 24.9 Å². The summed E-state index contributed by atoms with van der Waals surface area (Å²) in [5.74, 6) is 0.736. The summed E-state index contributed by atoms with van der Waals surface area (Å²) in [4.78, 5) is 22.0. The number of carbonyl (C=O) groups is 1. The average Bonchev–Trinajstić information content (AvgIpc) is 2.66. The molecule has 0 amide bonds. The van der Waals surface area contributed by atoms with Crippen molar-refractivity contribution >= 4 is 28.5 Å². The van der Waals surface area contributed by atoms with Gasteiger partial charge in [-0.15, -0.1) is 0 Å². The average molecular weight is 394 g/mol. The number of nitrogens with zero attached hydrogens (tertiary/aromatic N) is 3. The highest BCUT2D eigenvalue weighted by Crippen LogP contribution is 2.33. The third kappa shape index (κ3) is 5.20. The van der Waals surface area contributed by atoms with E-state index in [1.165, 1.54) is 32.5 Å². The van der Waals surface area contributed by atoms with E-state index in [1.54, 1.807) is 19.2 Å². The molecular formula is C19H24ClN3O4. The van der Waals surface area contributed by atoms with Gasteiger partial charge >= 0.3 is 5.97 Å². The van der Waals surface area contributed by atoms with Crippen LogP contribution < -0.4 is 9.47 Å². The van der Waals surface area contributed by atoms with Crippen LogP contribution in [0, 0.1) is 0 Å². The highest BCUT2D eigenvalue weighted by Gasteiger charge is 2.21. The Kier molecular flexibility index (Phi) is 6.68. The normalized spacial score (nSPS) is 16.1. The van der Waals surface area contributed by atoms with E-state index < -0.39 is 0 Å². The van der Waals surface area contributed by atoms with Crippen LogP contribution in [0.5, 0.6) is 11.5 Å². The molecule has 0 bridgehead atoms. The summed E-state index contributed by atoms with van der Waals surface area (Å²) in [7, 11) is 1.56. The highest BCUT2D eigenvalue weighted by molar-refractivity contribution is 6.34. The largest absolute Gasteiger partial charge is 0.493 e. The van der Waals surface area contributed by atoms with Gasteiger partial charge in [-0.25, -0.2) is 9.97 Å². The Balaban J connectivity index is 1.74. The van der Waals surface area contributed by atoms with E-state index in [9.17, 15) is 4.79 Å². The van der Waals surface area contributed by atoms with E-state index >= 15 is 0 Å². The second-order valence-electron chi connectivity index (χ2n) is 6.59. The summed E-state index contributed by atoms with van der Waals surface area (Å²) < 4.78 is 16.8. The van der Waals surface area contributed by atoms with Crippen LogP contribution in [0.25, 0.3) is 10.9 Å². The Bertz CT molecular complexity index is 796. The lowest BCUT2D eigenvalue weighted by molar-refractivity contribution is -0.149. The van der Waals surface area contributed by atoms with Crippen molar-refractivity contribution in [3.8, 4) is 11.5 Å². The first-order valence-electron chi connectivity index (χ1n) is 9.07. The van der Waals surface area contributed by atoms with Crippen LogP contribution in [0.4, 0.5) is 0 Å². The number of rotatable bonds is 7. The molecule has 0 unspecified atom stereocenters. The molecule has 2 heterocycles. The molecule has 146 valence electrons. The second-order valence-corrected chi connectivity index (χ2v) is 6.95. The van der Waals surface area contributed by atoms with E-state index in [1.807, 2.05) is 0 Å². The van der Waals surface area contributed by atoms with E-state index in [4.69, 9.17) is 25.8 Å². The van der Waals surface area contributed by atoms with Gasteiger partial charge in [0.15, 0.2) is 11.5 Å². The summed E-state index contributed by atoms with van der Waals surface area (Å²) in [5, 5.41) is 1.04. The lowest BCUT2D eigenvalue weighted by Crippen LogP contribution is -2.40. The maximum atomic E-state index is 11.5. The smallest absolute Gasteiger partial charge is 0.303 e. The van der Waals surface area contributed by atoms with Gasteiger partial charge in [-0.1, -0.05) is 18.0 Å². The molecule has 2 aromatic rings. The highest BCUT2D eigenvalue weighted by atomic mass is 35.5. The predicted molar refractivity (Wildman–Crippen MR) is 102 cm³/mol. The summed E-state index contributed by atoms with van der Waals surface area (Å²) in [6, 6.07) is 3.51. The number of carbonyl (C=O) groups excluding carboxylic acids is 1. The van der Waals surface area contributed by atoms with Gasteiger partial charge in [0.1, 0.15) is 24.2 Å². The van der Waals surface area contributed by atoms with Gasteiger partial charge in [-0.3, -0.25) is 9.69 Å². The number of piperidine rings is 1. The standard InChI is InChI=1S/C19H24ClN3O4/c1-13(24)27-14(10-23-6-4-3-5-7-23)11-26-18-9-16-15(8-17(18)25-2)19(20)22-12-21-16/h8-9,12,14H,3-7,10-11H2,1-2H3/t14-/m1/s1. The molecule has 0 spiro atoms. The Labute approximate surface area is 163 Å². The zero-order chi connectivity index (χ0) is 19.2. The third-order valence-corrected chi connectivity index (χ3v) is 4.84. The number of methoxy groups -OCH3 is 1. The minimum atomic E-state index is -0.352. The molecule has 0 saturated carbocycles. The number of likely N-dealkylation sites (tertiary alicyclic amines) is 1. The van der Waals surface area contributed by atoms with Gasteiger partial charge < -0.3 is 14.2 Å². The fourth-order valence-corrected chi connectivity index (χ4v) is 3.47. The van der Waals surface area contributed by atoms with Crippen LogP contribution in [-0.4, -0.2) is 60.3 Å². The van der Waals surface area contributed by atoms with Crippen molar-refractivity contribution in [2.75, 3.05) is 33.4 Å². The first-order valence-corrected chi connectivity index (χ1v) is 9.45. The minimum absolute atomic E-state index is 0.233. The second kappa shape index (κ2) is 9.19. The van der Waals surface area contributed by atoms with E-state index in [-0.39, 0.29) is 18.7 Å². The molecule has 8 heteroatoms. The number of hydrogen-bond donors (Lipinski definition) is 0. The molecule has 1 aromatic heterocycles. The van der Waals surface area contributed by atoms with Crippen LogP contribution >= 0.6 is 11.6 Å². The van der Waals surface area contributed by atoms with Crippen LogP contribution in [-0.2, 0) is 9.53 Å².